The van der Waals surface area contributed by atoms with Gasteiger partial charge in [-0.25, -0.2) is 4.98 Å². The second-order valence-corrected chi connectivity index (χ2v) is 5.61. The van der Waals surface area contributed by atoms with E-state index < -0.39 is 0 Å². The summed E-state index contributed by atoms with van der Waals surface area (Å²) in [7, 11) is 1.83. The monoisotopic (exact) mass is 293 g/mol. The third-order valence-corrected chi connectivity index (χ3v) is 3.69. The zero-order chi connectivity index (χ0) is 15.5. The fraction of sp³-hybridized carbons (Fsp3) is 0.222. The lowest BCUT2D eigenvalue weighted by molar-refractivity contribution is -0.129. The number of hydrogen-bond donors (Lipinski definition) is 0. The molecule has 22 heavy (non-hydrogen) atoms. The van der Waals surface area contributed by atoms with Crippen LogP contribution in [0.25, 0.3) is 5.65 Å². The Kier molecular flexibility index (Phi) is 3.92. The van der Waals surface area contributed by atoms with E-state index in [1.165, 1.54) is 0 Å². The van der Waals surface area contributed by atoms with Crippen molar-refractivity contribution < 1.29 is 4.79 Å². The number of aromatic nitrogens is 2. The van der Waals surface area contributed by atoms with Crippen molar-refractivity contribution in [1.29, 1.82) is 0 Å². The third-order valence-electron chi connectivity index (χ3n) is 3.69. The first-order valence-electron chi connectivity index (χ1n) is 7.34. The van der Waals surface area contributed by atoms with Crippen LogP contribution in [0.1, 0.15) is 16.8 Å². The molecular weight excluding hydrogens is 274 g/mol. The van der Waals surface area contributed by atoms with Gasteiger partial charge in [0.25, 0.3) is 0 Å². The normalized spacial score (nSPS) is 10.8. The molecule has 2 aromatic heterocycles. The molecule has 0 saturated heterocycles. The van der Waals surface area contributed by atoms with E-state index in [0.717, 1.165) is 22.5 Å². The molecule has 0 radical (unpaired) electrons. The van der Waals surface area contributed by atoms with Gasteiger partial charge in [0.15, 0.2) is 0 Å². The Bertz CT molecular complexity index is 792. The van der Waals surface area contributed by atoms with Crippen molar-refractivity contribution >= 4 is 11.6 Å². The fourth-order valence-electron chi connectivity index (χ4n) is 2.46. The van der Waals surface area contributed by atoms with Gasteiger partial charge in [-0.1, -0.05) is 30.3 Å². The summed E-state index contributed by atoms with van der Waals surface area (Å²) in [6, 6.07) is 14.0. The van der Waals surface area contributed by atoms with Gasteiger partial charge in [0, 0.05) is 26.0 Å². The Balaban J connectivity index is 1.69. The van der Waals surface area contributed by atoms with Gasteiger partial charge >= 0.3 is 0 Å². The Labute approximate surface area is 130 Å². The van der Waals surface area contributed by atoms with Crippen LogP contribution < -0.4 is 0 Å². The summed E-state index contributed by atoms with van der Waals surface area (Å²) < 4.78 is 1.95. The van der Waals surface area contributed by atoms with E-state index in [2.05, 4.69) is 4.98 Å². The maximum absolute atomic E-state index is 12.3. The zero-order valence-electron chi connectivity index (χ0n) is 12.9. The molecule has 3 rings (SSSR count). The van der Waals surface area contributed by atoms with Crippen molar-refractivity contribution in [2.45, 2.75) is 19.9 Å². The number of nitrogens with zero attached hydrogens (tertiary/aromatic N) is 3. The average Bonchev–Trinajstić information content (AvgIpc) is 2.89. The summed E-state index contributed by atoms with van der Waals surface area (Å²) in [5.41, 5.74) is 3.98. The first-order valence-corrected chi connectivity index (χ1v) is 7.34. The highest BCUT2D eigenvalue weighted by Gasteiger charge is 2.12. The second-order valence-electron chi connectivity index (χ2n) is 5.61. The van der Waals surface area contributed by atoms with Crippen molar-refractivity contribution in [2.24, 2.45) is 0 Å². The van der Waals surface area contributed by atoms with Crippen LogP contribution in [0.4, 0.5) is 0 Å². The fourth-order valence-corrected chi connectivity index (χ4v) is 2.46. The van der Waals surface area contributed by atoms with Crippen molar-refractivity contribution in [2.75, 3.05) is 7.05 Å². The van der Waals surface area contributed by atoms with Gasteiger partial charge in [-0.3, -0.25) is 4.79 Å². The number of imidazole rings is 1. The number of benzene rings is 1. The van der Waals surface area contributed by atoms with Crippen LogP contribution in [0, 0.1) is 6.92 Å². The summed E-state index contributed by atoms with van der Waals surface area (Å²) in [6.07, 6.45) is 4.21. The molecule has 4 nitrogen and oxygen atoms in total. The number of hydrogen-bond acceptors (Lipinski definition) is 2. The van der Waals surface area contributed by atoms with Gasteiger partial charge in [0.1, 0.15) is 5.65 Å². The zero-order valence-corrected chi connectivity index (χ0v) is 12.9. The molecule has 4 heteroatoms. The van der Waals surface area contributed by atoms with Crippen LogP contribution in [0.2, 0.25) is 0 Å². The minimum atomic E-state index is 0.0731. The maximum atomic E-state index is 12.3. The molecule has 2 heterocycles. The van der Waals surface area contributed by atoms with Gasteiger partial charge in [-0.15, -0.1) is 0 Å². The topological polar surface area (TPSA) is 37.6 Å². The molecule has 1 aromatic carbocycles. The van der Waals surface area contributed by atoms with E-state index in [-0.39, 0.29) is 5.91 Å². The molecule has 0 saturated carbocycles. The minimum Gasteiger partial charge on any atom is -0.341 e. The number of pyridine rings is 1. The van der Waals surface area contributed by atoms with Crippen molar-refractivity contribution in [3.8, 4) is 0 Å². The second kappa shape index (κ2) is 6.02. The molecule has 0 bridgehead atoms. The van der Waals surface area contributed by atoms with E-state index in [1.54, 1.807) is 4.90 Å². The molecule has 0 N–H and O–H groups in total. The van der Waals surface area contributed by atoms with Crippen LogP contribution >= 0.6 is 0 Å². The van der Waals surface area contributed by atoms with Crippen molar-refractivity contribution in [3.05, 3.63) is 71.7 Å². The lowest BCUT2D eigenvalue weighted by Gasteiger charge is -2.16. The Morgan fingerprint density at radius 3 is 2.77 bits per heavy atom. The third kappa shape index (κ3) is 3.17. The van der Waals surface area contributed by atoms with Crippen molar-refractivity contribution in [1.82, 2.24) is 14.3 Å². The average molecular weight is 293 g/mol. The largest absolute Gasteiger partial charge is 0.341 e. The summed E-state index contributed by atoms with van der Waals surface area (Å²) in [4.78, 5) is 18.6. The molecule has 0 aliphatic carbocycles. The van der Waals surface area contributed by atoms with Gasteiger partial charge in [-0.05, 0) is 30.2 Å². The molecule has 3 aromatic rings. The summed E-state index contributed by atoms with van der Waals surface area (Å²) in [6.45, 7) is 2.65. The highest BCUT2D eigenvalue weighted by Crippen LogP contribution is 2.10. The van der Waals surface area contributed by atoms with Gasteiger partial charge < -0.3 is 9.30 Å². The minimum absolute atomic E-state index is 0.0731. The predicted octanol–water partition coefficient (Wildman–Crippen LogP) is 2.84. The van der Waals surface area contributed by atoms with Crippen LogP contribution in [0.15, 0.2) is 54.9 Å². The quantitative estimate of drug-likeness (QED) is 0.742. The van der Waals surface area contributed by atoms with Crippen LogP contribution in [-0.4, -0.2) is 27.2 Å². The first kappa shape index (κ1) is 14.3. The van der Waals surface area contributed by atoms with E-state index in [4.69, 9.17) is 0 Å². The lowest BCUT2D eigenvalue weighted by atomic mass is 10.2. The molecule has 0 atom stereocenters. The summed E-state index contributed by atoms with van der Waals surface area (Å²) in [5, 5.41) is 0. The number of likely N-dealkylation sites (N-methyl/N-ethyl adjacent to an activating group) is 1. The van der Waals surface area contributed by atoms with Crippen molar-refractivity contribution in [3.63, 3.8) is 0 Å². The number of carbonyl (C=O) groups excluding carboxylic acids is 1. The van der Waals surface area contributed by atoms with Crippen LogP contribution in [0.5, 0.6) is 0 Å². The summed E-state index contributed by atoms with van der Waals surface area (Å²) >= 11 is 0. The maximum Gasteiger partial charge on any atom is 0.228 e. The highest BCUT2D eigenvalue weighted by atomic mass is 16.2. The highest BCUT2D eigenvalue weighted by molar-refractivity contribution is 5.78. The van der Waals surface area contributed by atoms with Crippen LogP contribution in [-0.2, 0) is 17.8 Å². The number of amides is 1. The van der Waals surface area contributed by atoms with E-state index in [9.17, 15) is 4.79 Å². The number of carbonyl (C=O) groups is 1. The smallest absolute Gasteiger partial charge is 0.228 e. The van der Waals surface area contributed by atoms with Crippen LogP contribution in [0.3, 0.4) is 0 Å². The molecule has 1 amide bonds. The molecule has 0 aliphatic rings. The molecule has 0 unspecified atom stereocenters. The summed E-state index contributed by atoms with van der Waals surface area (Å²) in [5.74, 6) is 0.0731. The molecule has 112 valence electrons. The Morgan fingerprint density at radius 2 is 2.00 bits per heavy atom. The Hall–Kier alpha value is -2.62. The lowest BCUT2D eigenvalue weighted by Crippen LogP contribution is -2.27. The van der Waals surface area contributed by atoms with E-state index in [1.807, 2.05) is 73.2 Å². The molecule has 0 fully saturated rings. The molecular formula is C18H19N3O. The van der Waals surface area contributed by atoms with E-state index in [0.29, 0.717) is 13.0 Å². The van der Waals surface area contributed by atoms with Gasteiger partial charge in [-0.2, -0.15) is 0 Å². The SMILES string of the molecule is Cc1ccn2cc(CC(=O)N(C)Cc3ccccc3)nc2c1. The number of rotatable bonds is 4. The Morgan fingerprint density at radius 1 is 1.23 bits per heavy atom. The molecule has 0 spiro atoms. The standard InChI is InChI=1S/C18H19N3O/c1-14-8-9-21-13-16(19-17(21)10-14)11-18(22)20(2)12-15-6-4-3-5-7-15/h3-10,13H,11-12H2,1-2H3. The molecule has 0 aliphatic heterocycles. The van der Waals surface area contributed by atoms with Gasteiger partial charge in [0.2, 0.25) is 5.91 Å². The number of fused-ring (bicyclic) bond motifs is 1. The predicted molar refractivity (Wildman–Crippen MR) is 86.5 cm³/mol. The van der Waals surface area contributed by atoms with E-state index >= 15 is 0 Å². The first-order chi connectivity index (χ1) is 10.6. The van der Waals surface area contributed by atoms with Gasteiger partial charge in [0.05, 0.1) is 12.1 Å². The number of aryl methyl sites for hydroxylation is 1.